The van der Waals surface area contributed by atoms with Crippen molar-refractivity contribution in [1.82, 2.24) is 4.98 Å². The molecule has 0 bridgehead atoms. The van der Waals surface area contributed by atoms with Gasteiger partial charge in [-0.05, 0) is 46.3 Å². The summed E-state index contributed by atoms with van der Waals surface area (Å²) in [5, 5.41) is 3.71. The van der Waals surface area contributed by atoms with Crippen LogP contribution in [0.5, 0.6) is 0 Å². The van der Waals surface area contributed by atoms with E-state index in [2.05, 4.69) is 31.0 Å². The Bertz CT molecular complexity index is 619. The molecule has 1 aromatic carbocycles. The topological polar surface area (TPSA) is 51.2 Å². The number of hydrogen-bond donors (Lipinski definition) is 1. The van der Waals surface area contributed by atoms with E-state index >= 15 is 0 Å². The minimum atomic E-state index is -0.400. The lowest BCUT2D eigenvalue weighted by molar-refractivity contribution is 0.0600. The zero-order chi connectivity index (χ0) is 13.8. The van der Waals surface area contributed by atoms with Crippen LogP contribution >= 0.6 is 27.5 Å². The Labute approximate surface area is 123 Å². The van der Waals surface area contributed by atoms with Crippen molar-refractivity contribution >= 4 is 45.0 Å². The van der Waals surface area contributed by atoms with Gasteiger partial charge in [0.05, 0.1) is 17.7 Å². The predicted molar refractivity (Wildman–Crippen MR) is 78.0 cm³/mol. The van der Waals surface area contributed by atoms with Gasteiger partial charge in [0, 0.05) is 16.4 Å². The molecule has 0 radical (unpaired) electrons. The van der Waals surface area contributed by atoms with Gasteiger partial charge in [0.2, 0.25) is 0 Å². The van der Waals surface area contributed by atoms with Gasteiger partial charge in [-0.25, -0.2) is 9.78 Å². The van der Waals surface area contributed by atoms with Gasteiger partial charge in [-0.1, -0.05) is 11.6 Å². The number of halogens is 2. The van der Waals surface area contributed by atoms with E-state index in [1.165, 1.54) is 7.11 Å². The highest BCUT2D eigenvalue weighted by Crippen LogP contribution is 2.27. The van der Waals surface area contributed by atoms with Crippen molar-refractivity contribution in [2.75, 3.05) is 12.4 Å². The fourth-order valence-electron chi connectivity index (χ4n) is 1.47. The second kappa shape index (κ2) is 6.04. The number of nitrogens with zero attached hydrogens (tertiary/aromatic N) is 1. The summed E-state index contributed by atoms with van der Waals surface area (Å²) >= 11 is 9.26. The Hall–Kier alpha value is -1.59. The summed E-state index contributed by atoms with van der Waals surface area (Å²) in [6.45, 7) is 0. The minimum absolute atomic E-state index is 0.400. The molecule has 0 unspecified atom stereocenters. The largest absolute Gasteiger partial charge is 0.465 e. The van der Waals surface area contributed by atoms with Crippen LogP contribution in [0.15, 0.2) is 41.0 Å². The summed E-state index contributed by atoms with van der Waals surface area (Å²) in [5.41, 5.74) is 1.25. The first-order valence-corrected chi connectivity index (χ1v) is 6.53. The Balaban J connectivity index is 2.23. The molecule has 2 aromatic rings. The molecule has 2 rings (SSSR count). The third-order valence-corrected chi connectivity index (χ3v) is 3.59. The van der Waals surface area contributed by atoms with Crippen LogP contribution in [-0.4, -0.2) is 18.1 Å². The summed E-state index contributed by atoms with van der Waals surface area (Å²) in [5.74, 6) is 0.153. The predicted octanol–water partition coefficient (Wildman–Crippen LogP) is 4.03. The molecule has 4 nitrogen and oxygen atoms in total. The molecule has 0 fully saturated rings. The van der Waals surface area contributed by atoms with Crippen molar-refractivity contribution in [2.24, 2.45) is 0 Å². The quantitative estimate of drug-likeness (QED) is 0.857. The van der Waals surface area contributed by atoms with Crippen LogP contribution in [0.4, 0.5) is 11.5 Å². The smallest absolute Gasteiger partial charge is 0.338 e. The molecule has 0 amide bonds. The van der Waals surface area contributed by atoms with E-state index in [1.54, 1.807) is 24.4 Å². The van der Waals surface area contributed by atoms with Crippen molar-refractivity contribution in [1.29, 1.82) is 0 Å². The molecule has 6 heteroatoms. The fourth-order valence-corrected chi connectivity index (χ4v) is 1.96. The van der Waals surface area contributed by atoms with Crippen LogP contribution in [0.1, 0.15) is 10.4 Å². The maximum atomic E-state index is 11.4. The third kappa shape index (κ3) is 3.45. The first-order valence-electron chi connectivity index (χ1n) is 5.36. The lowest BCUT2D eigenvalue weighted by Gasteiger charge is -2.07. The SMILES string of the molecule is COC(=O)c1ccnc(Nc2ccc(Cl)c(Br)c2)c1. The van der Waals surface area contributed by atoms with E-state index < -0.39 is 5.97 Å². The second-order valence-electron chi connectivity index (χ2n) is 3.68. The number of anilines is 2. The minimum Gasteiger partial charge on any atom is -0.465 e. The van der Waals surface area contributed by atoms with E-state index in [0.29, 0.717) is 16.4 Å². The highest BCUT2D eigenvalue weighted by molar-refractivity contribution is 9.10. The monoisotopic (exact) mass is 340 g/mol. The van der Waals surface area contributed by atoms with Gasteiger partial charge in [0.1, 0.15) is 5.82 Å². The molecule has 0 aliphatic heterocycles. The average Bonchev–Trinajstić information content (AvgIpc) is 2.42. The Morgan fingerprint density at radius 3 is 2.84 bits per heavy atom. The van der Waals surface area contributed by atoms with Gasteiger partial charge in [-0.2, -0.15) is 0 Å². The molecule has 0 spiro atoms. The highest BCUT2D eigenvalue weighted by atomic mass is 79.9. The number of carbonyl (C=O) groups is 1. The maximum absolute atomic E-state index is 11.4. The maximum Gasteiger partial charge on any atom is 0.338 e. The Kier molecular flexibility index (Phi) is 4.39. The second-order valence-corrected chi connectivity index (χ2v) is 4.94. The molecular formula is C13H10BrClN2O2. The molecule has 1 N–H and O–H groups in total. The van der Waals surface area contributed by atoms with Crippen LogP contribution in [-0.2, 0) is 4.74 Å². The van der Waals surface area contributed by atoms with Crippen molar-refractivity contribution in [3.8, 4) is 0 Å². The van der Waals surface area contributed by atoms with Gasteiger partial charge in [-0.15, -0.1) is 0 Å². The molecular weight excluding hydrogens is 332 g/mol. The molecule has 98 valence electrons. The van der Waals surface area contributed by atoms with E-state index in [9.17, 15) is 4.79 Å². The van der Waals surface area contributed by atoms with Crippen molar-refractivity contribution in [3.63, 3.8) is 0 Å². The van der Waals surface area contributed by atoms with Gasteiger partial charge < -0.3 is 10.1 Å². The van der Waals surface area contributed by atoms with Crippen LogP contribution < -0.4 is 5.32 Å². The van der Waals surface area contributed by atoms with Crippen molar-refractivity contribution < 1.29 is 9.53 Å². The molecule has 0 atom stereocenters. The lowest BCUT2D eigenvalue weighted by atomic mass is 10.2. The number of carbonyl (C=O) groups excluding carboxylic acids is 1. The number of nitrogens with one attached hydrogen (secondary N) is 1. The number of ether oxygens (including phenoxy) is 1. The number of benzene rings is 1. The standard InChI is InChI=1S/C13H10BrClN2O2/c1-19-13(18)8-4-5-16-12(6-8)17-9-2-3-11(15)10(14)7-9/h2-7H,1H3,(H,16,17). The first-order chi connectivity index (χ1) is 9.10. The van der Waals surface area contributed by atoms with E-state index in [-0.39, 0.29) is 0 Å². The summed E-state index contributed by atoms with van der Waals surface area (Å²) < 4.78 is 5.44. The number of aromatic nitrogens is 1. The zero-order valence-electron chi connectivity index (χ0n) is 9.98. The number of methoxy groups -OCH3 is 1. The normalized spacial score (nSPS) is 10.1. The average molecular weight is 342 g/mol. The van der Waals surface area contributed by atoms with Crippen LogP contribution in [0.2, 0.25) is 5.02 Å². The zero-order valence-corrected chi connectivity index (χ0v) is 12.3. The van der Waals surface area contributed by atoms with E-state index in [4.69, 9.17) is 11.6 Å². The number of esters is 1. The van der Waals surface area contributed by atoms with Gasteiger partial charge in [0.25, 0.3) is 0 Å². The summed E-state index contributed by atoms with van der Waals surface area (Å²) in [7, 11) is 1.34. The van der Waals surface area contributed by atoms with Crippen LogP contribution in [0.3, 0.4) is 0 Å². The van der Waals surface area contributed by atoms with Crippen molar-refractivity contribution in [2.45, 2.75) is 0 Å². The molecule has 1 aromatic heterocycles. The summed E-state index contributed by atoms with van der Waals surface area (Å²) in [6, 6.07) is 8.62. The Morgan fingerprint density at radius 1 is 1.37 bits per heavy atom. The van der Waals surface area contributed by atoms with E-state index in [0.717, 1.165) is 10.2 Å². The van der Waals surface area contributed by atoms with Gasteiger partial charge in [0.15, 0.2) is 0 Å². The summed E-state index contributed by atoms with van der Waals surface area (Å²) in [4.78, 5) is 15.6. The third-order valence-electron chi connectivity index (χ3n) is 2.37. The fraction of sp³-hybridized carbons (Fsp3) is 0.0769. The number of hydrogen-bond acceptors (Lipinski definition) is 4. The van der Waals surface area contributed by atoms with Gasteiger partial charge in [-0.3, -0.25) is 0 Å². The summed E-state index contributed by atoms with van der Waals surface area (Å²) in [6.07, 6.45) is 1.54. The molecule has 1 heterocycles. The molecule has 19 heavy (non-hydrogen) atoms. The van der Waals surface area contributed by atoms with E-state index in [1.807, 2.05) is 12.1 Å². The van der Waals surface area contributed by atoms with Crippen molar-refractivity contribution in [3.05, 3.63) is 51.6 Å². The highest BCUT2D eigenvalue weighted by Gasteiger charge is 2.07. The molecule has 0 aliphatic carbocycles. The molecule has 0 aliphatic rings. The number of rotatable bonds is 3. The number of pyridine rings is 1. The molecule has 0 saturated heterocycles. The Morgan fingerprint density at radius 2 is 2.16 bits per heavy atom. The first kappa shape index (κ1) is 13.8. The van der Waals surface area contributed by atoms with Crippen LogP contribution in [0, 0.1) is 0 Å². The van der Waals surface area contributed by atoms with Gasteiger partial charge >= 0.3 is 5.97 Å². The lowest BCUT2D eigenvalue weighted by Crippen LogP contribution is -2.03. The van der Waals surface area contributed by atoms with Crippen LogP contribution in [0.25, 0.3) is 0 Å². The molecule has 0 saturated carbocycles.